The van der Waals surface area contributed by atoms with Gasteiger partial charge in [-0.25, -0.2) is 4.79 Å². The molecule has 0 atom stereocenters. The maximum atomic E-state index is 12.8. The summed E-state index contributed by atoms with van der Waals surface area (Å²) in [6.07, 6.45) is 3.06. The van der Waals surface area contributed by atoms with Crippen molar-refractivity contribution in [2.24, 2.45) is 0 Å². The van der Waals surface area contributed by atoms with Gasteiger partial charge in [0.15, 0.2) is 0 Å². The summed E-state index contributed by atoms with van der Waals surface area (Å²) in [5, 5.41) is 5.18. The molecule has 1 heterocycles. The van der Waals surface area contributed by atoms with Crippen LogP contribution in [0.15, 0.2) is 42.5 Å². The lowest BCUT2D eigenvalue weighted by molar-refractivity contribution is -0.132. The van der Waals surface area contributed by atoms with Gasteiger partial charge in [0, 0.05) is 0 Å². The van der Waals surface area contributed by atoms with Crippen molar-refractivity contribution in [2.75, 3.05) is 13.2 Å². The Labute approximate surface area is 154 Å². The first-order chi connectivity index (χ1) is 12.6. The van der Waals surface area contributed by atoms with E-state index in [4.69, 9.17) is 4.74 Å². The third kappa shape index (κ3) is 3.52. The summed E-state index contributed by atoms with van der Waals surface area (Å²) in [7, 11) is 0. The molecule has 0 unspecified atom stereocenters. The monoisotopic (exact) mass is 354 g/mol. The molecule has 2 aromatic rings. The van der Waals surface area contributed by atoms with Gasteiger partial charge in [0.2, 0.25) is 0 Å². The fraction of sp³-hybridized carbons (Fsp3) is 0.429. The van der Waals surface area contributed by atoms with Crippen LogP contribution in [0.2, 0.25) is 0 Å². The number of benzene rings is 2. The average molecular weight is 354 g/mol. The standard InChI is InChI=1S/C21H26N2O3/c1-3-11-21(12-4-2)19(24)23(20(25)22-21)13-14-26-18-10-9-16-7-5-6-8-17(16)15-18/h5-10,15H,3-4,11-14H2,1-2H3,(H,22,25). The highest BCUT2D eigenvalue weighted by molar-refractivity contribution is 6.07. The lowest BCUT2D eigenvalue weighted by Crippen LogP contribution is -2.47. The van der Waals surface area contributed by atoms with Gasteiger partial charge < -0.3 is 10.1 Å². The summed E-state index contributed by atoms with van der Waals surface area (Å²) in [6, 6.07) is 13.6. The number of hydrogen-bond donors (Lipinski definition) is 1. The number of hydrogen-bond acceptors (Lipinski definition) is 3. The number of amides is 3. The number of urea groups is 1. The van der Waals surface area contributed by atoms with Crippen LogP contribution in [0.1, 0.15) is 39.5 Å². The minimum absolute atomic E-state index is 0.117. The molecule has 0 aromatic heterocycles. The van der Waals surface area contributed by atoms with E-state index in [1.165, 1.54) is 4.90 Å². The Morgan fingerprint density at radius 2 is 1.69 bits per heavy atom. The molecular weight excluding hydrogens is 328 g/mol. The van der Waals surface area contributed by atoms with E-state index < -0.39 is 5.54 Å². The van der Waals surface area contributed by atoms with Gasteiger partial charge in [-0.1, -0.05) is 57.0 Å². The van der Waals surface area contributed by atoms with Gasteiger partial charge in [0.25, 0.3) is 5.91 Å². The molecule has 0 spiro atoms. The summed E-state index contributed by atoms with van der Waals surface area (Å²) < 4.78 is 5.79. The number of nitrogens with one attached hydrogen (secondary N) is 1. The van der Waals surface area contributed by atoms with Crippen LogP contribution in [-0.4, -0.2) is 35.5 Å². The molecule has 1 aliphatic heterocycles. The highest BCUT2D eigenvalue weighted by Crippen LogP contribution is 2.28. The molecular formula is C21H26N2O3. The Hall–Kier alpha value is -2.56. The second-order valence-electron chi connectivity index (χ2n) is 6.83. The van der Waals surface area contributed by atoms with Crippen LogP contribution < -0.4 is 10.1 Å². The van der Waals surface area contributed by atoms with E-state index in [1.807, 2.05) is 56.3 Å². The highest BCUT2D eigenvalue weighted by atomic mass is 16.5. The smallest absolute Gasteiger partial charge is 0.325 e. The molecule has 0 aliphatic carbocycles. The minimum atomic E-state index is -0.733. The molecule has 1 fully saturated rings. The molecule has 0 bridgehead atoms. The van der Waals surface area contributed by atoms with Crippen LogP contribution in [0.4, 0.5) is 4.79 Å². The summed E-state index contributed by atoms with van der Waals surface area (Å²) >= 11 is 0. The third-order valence-corrected chi connectivity index (χ3v) is 4.90. The van der Waals surface area contributed by atoms with Gasteiger partial charge in [-0.2, -0.15) is 0 Å². The Morgan fingerprint density at radius 1 is 1.00 bits per heavy atom. The van der Waals surface area contributed by atoms with Crippen LogP contribution in [0.25, 0.3) is 10.8 Å². The van der Waals surface area contributed by atoms with Crippen molar-refractivity contribution in [1.29, 1.82) is 0 Å². The topological polar surface area (TPSA) is 58.6 Å². The fourth-order valence-corrected chi connectivity index (χ4v) is 3.71. The van der Waals surface area contributed by atoms with Gasteiger partial charge in [0.1, 0.15) is 17.9 Å². The van der Waals surface area contributed by atoms with Gasteiger partial charge in [-0.05, 0) is 35.7 Å². The molecule has 0 saturated carbocycles. The molecule has 0 radical (unpaired) electrons. The van der Waals surface area contributed by atoms with Crippen LogP contribution in [-0.2, 0) is 4.79 Å². The van der Waals surface area contributed by atoms with Crippen LogP contribution in [0.5, 0.6) is 5.75 Å². The van der Waals surface area contributed by atoms with Gasteiger partial charge in [-0.3, -0.25) is 9.69 Å². The maximum Gasteiger partial charge on any atom is 0.325 e. The van der Waals surface area contributed by atoms with Crippen molar-refractivity contribution in [3.05, 3.63) is 42.5 Å². The minimum Gasteiger partial charge on any atom is -0.492 e. The van der Waals surface area contributed by atoms with Gasteiger partial charge in [0.05, 0.1) is 6.54 Å². The summed E-state index contributed by atoms with van der Waals surface area (Å²) in [6.45, 7) is 4.60. The van der Waals surface area contributed by atoms with E-state index in [-0.39, 0.29) is 25.1 Å². The second-order valence-corrected chi connectivity index (χ2v) is 6.83. The Balaban J connectivity index is 1.63. The Morgan fingerprint density at radius 3 is 2.38 bits per heavy atom. The van der Waals surface area contributed by atoms with Crippen molar-refractivity contribution in [3.8, 4) is 5.75 Å². The van der Waals surface area contributed by atoms with Crippen molar-refractivity contribution >= 4 is 22.7 Å². The molecule has 1 saturated heterocycles. The molecule has 1 aliphatic rings. The Bertz CT molecular complexity index is 797. The number of carbonyl (C=O) groups excluding carboxylic acids is 2. The lowest BCUT2D eigenvalue weighted by atomic mass is 9.88. The van der Waals surface area contributed by atoms with Crippen molar-refractivity contribution < 1.29 is 14.3 Å². The lowest BCUT2D eigenvalue weighted by Gasteiger charge is -2.25. The number of fused-ring (bicyclic) bond motifs is 1. The predicted octanol–water partition coefficient (Wildman–Crippen LogP) is 4.11. The number of ether oxygens (including phenoxy) is 1. The van der Waals surface area contributed by atoms with Crippen LogP contribution in [0.3, 0.4) is 0 Å². The number of imide groups is 1. The fourth-order valence-electron chi connectivity index (χ4n) is 3.71. The molecule has 3 amide bonds. The number of rotatable bonds is 8. The van der Waals surface area contributed by atoms with E-state index in [0.717, 1.165) is 29.4 Å². The van der Waals surface area contributed by atoms with E-state index >= 15 is 0 Å². The summed E-state index contributed by atoms with van der Waals surface area (Å²) in [5.41, 5.74) is -0.733. The number of nitrogens with zero attached hydrogens (tertiary/aromatic N) is 1. The zero-order valence-electron chi connectivity index (χ0n) is 15.5. The van der Waals surface area contributed by atoms with Crippen LogP contribution in [0, 0.1) is 0 Å². The molecule has 26 heavy (non-hydrogen) atoms. The maximum absolute atomic E-state index is 12.8. The zero-order chi connectivity index (χ0) is 18.6. The SMILES string of the molecule is CCCC1(CCC)NC(=O)N(CCOc2ccc3ccccc3c2)C1=O. The third-order valence-electron chi connectivity index (χ3n) is 4.90. The predicted molar refractivity (Wildman–Crippen MR) is 102 cm³/mol. The molecule has 5 nitrogen and oxygen atoms in total. The Kier molecular flexibility index (Phi) is 5.45. The van der Waals surface area contributed by atoms with E-state index in [9.17, 15) is 9.59 Å². The first-order valence-electron chi connectivity index (χ1n) is 9.35. The van der Waals surface area contributed by atoms with Crippen molar-refractivity contribution in [1.82, 2.24) is 10.2 Å². The largest absolute Gasteiger partial charge is 0.492 e. The average Bonchev–Trinajstić information content (AvgIpc) is 2.86. The summed E-state index contributed by atoms with van der Waals surface area (Å²) in [4.78, 5) is 26.4. The van der Waals surface area contributed by atoms with Gasteiger partial charge in [-0.15, -0.1) is 0 Å². The molecule has 3 rings (SSSR count). The summed E-state index contributed by atoms with van der Waals surface area (Å²) in [5.74, 6) is 0.623. The molecule has 5 heteroatoms. The number of carbonyl (C=O) groups is 2. The first-order valence-corrected chi connectivity index (χ1v) is 9.35. The molecule has 2 aromatic carbocycles. The van der Waals surface area contributed by atoms with Gasteiger partial charge >= 0.3 is 6.03 Å². The van der Waals surface area contributed by atoms with E-state index in [0.29, 0.717) is 12.8 Å². The second kappa shape index (κ2) is 7.77. The highest BCUT2D eigenvalue weighted by Gasteiger charge is 2.49. The molecule has 138 valence electrons. The quantitative estimate of drug-likeness (QED) is 0.726. The van der Waals surface area contributed by atoms with Crippen molar-refractivity contribution in [3.63, 3.8) is 0 Å². The molecule has 1 N–H and O–H groups in total. The van der Waals surface area contributed by atoms with E-state index in [1.54, 1.807) is 0 Å². The van der Waals surface area contributed by atoms with Crippen molar-refractivity contribution in [2.45, 2.75) is 45.1 Å². The first kappa shape index (κ1) is 18.2. The zero-order valence-corrected chi connectivity index (χ0v) is 15.5. The normalized spacial score (nSPS) is 16.2. The van der Waals surface area contributed by atoms with Crippen LogP contribution >= 0.6 is 0 Å². The van der Waals surface area contributed by atoms with E-state index in [2.05, 4.69) is 5.32 Å².